The summed E-state index contributed by atoms with van der Waals surface area (Å²) in [4.78, 5) is 13.6. The van der Waals surface area contributed by atoms with Gasteiger partial charge in [0.25, 0.3) is 0 Å². The summed E-state index contributed by atoms with van der Waals surface area (Å²) in [5.74, 6) is 0.681. The standard InChI is InChI=1S/C12H22N2O2/c1-9-5-6-13-7-11(9)16-8-12(15)14(2)10-3-4-10/h9-11,13H,3-8H2,1-2H3. The molecule has 2 rings (SSSR count). The van der Waals surface area contributed by atoms with Crippen molar-refractivity contribution in [3.63, 3.8) is 0 Å². The van der Waals surface area contributed by atoms with Crippen molar-refractivity contribution in [2.24, 2.45) is 5.92 Å². The largest absolute Gasteiger partial charge is 0.367 e. The lowest BCUT2D eigenvalue weighted by molar-refractivity contribution is -0.138. The number of hydrogen-bond donors (Lipinski definition) is 1. The van der Waals surface area contributed by atoms with E-state index >= 15 is 0 Å². The molecule has 1 aliphatic heterocycles. The molecule has 0 spiro atoms. The number of piperidine rings is 1. The Bertz CT molecular complexity index is 253. The van der Waals surface area contributed by atoms with E-state index < -0.39 is 0 Å². The minimum Gasteiger partial charge on any atom is -0.367 e. The van der Waals surface area contributed by atoms with Gasteiger partial charge in [0.05, 0.1) is 6.10 Å². The highest BCUT2D eigenvalue weighted by Crippen LogP contribution is 2.25. The SMILES string of the molecule is CC1CCNCC1OCC(=O)N(C)C1CC1. The topological polar surface area (TPSA) is 41.6 Å². The van der Waals surface area contributed by atoms with Crippen molar-refractivity contribution >= 4 is 5.91 Å². The summed E-state index contributed by atoms with van der Waals surface area (Å²) in [5.41, 5.74) is 0. The number of carbonyl (C=O) groups is 1. The number of amides is 1. The van der Waals surface area contributed by atoms with Crippen LogP contribution in [0.4, 0.5) is 0 Å². The van der Waals surface area contributed by atoms with Crippen LogP contribution in [0.3, 0.4) is 0 Å². The molecule has 4 nitrogen and oxygen atoms in total. The molecule has 4 heteroatoms. The van der Waals surface area contributed by atoms with Crippen LogP contribution in [0.15, 0.2) is 0 Å². The van der Waals surface area contributed by atoms with Crippen molar-refractivity contribution in [3.8, 4) is 0 Å². The van der Waals surface area contributed by atoms with Crippen molar-refractivity contribution in [1.29, 1.82) is 0 Å². The second-order valence-electron chi connectivity index (χ2n) is 5.06. The fourth-order valence-electron chi connectivity index (χ4n) is 2.13. The summed E-state index contributed by atoms with van der Waals surface area (Å²) in [6.45, 7) is 4.38. The van der Waals surface area contributed by atoms with E-state index in [0.717, 1.165) is 32.4 Å². The van der Waals surface area contributed by atoms with E-state index in [0.29, 0.717) is 12.0 Å². The van der Waals surface area contributed by atoms with Gasteiger partial charge < -0.3 is 15.0 Å². The molecule has 1 saturated carbocycles. The van der Waals surface area contributed by atoms with Crippen molar-refractivity contribution in [1.82, 2.24) is 10.2 Å². The molecule has 0 aromatic carbocycles. The minimum absolute atomic E-state index is 0.125. The maximum atomic E-state index is 11.8. The highest BCUT2D eigenvalue weighted by atomic mass is 16.5. The van der Waals surface area contributed by atoms with Gasteiger partial charge in [0.2, 0.25) is 5.91 Å². The molecule has 1 amide bonds. The van der Waals surface area contributed by atoms with Gasteiger partial charge in [0.15, 0.2) is 0 Å². The number of rotatable bonds is 4. The van der Waals surface area contributed by atoms with Crippen molar-refractivity contribution < 1.29 is 9.53 Å². The van der Waals surface area contributed by atoms with E-state index in [-0.39, 0.29) is 18.6 Å². The molecule has 0 aromatic rings. The number of ether oxygens (including phenoxy) is 1. The molecule has 2 aliphatic rings. The summed E-state index contributed by atoms with van der Waals surface area (Å²) < 4.78 is 5.70. The van der Waals surface area contributed by atoms with Crippen molar-refractivity contribution in [3.05, 3.63) is 0 Å². The molecular formula is C12H22N2O2. The van der Waals surface area contributed by atoms with Crippen LogP contribution in [0.5, 0.6) is 0 Å². The molecule has 16 heavy (non-hydrogen) atoms. The third-order valence-electron chi connectivity index (χ3n) is 3.67. The Morgan fingerprint density at radius 2 is 2.19 bits per heavy atom. The molecular weight excluding hydrogens is 204 g/mol. The summed E-state index contributed by atoms with van der Waals surface area (Å²) in [7, 11) is 1.88. The lowest BCUT2D eigenvalue weighted by atomic mass is 9.97. The number of nitrogens with one attached hydrogen (secondary N) is 1. The van der Waals surface area contributed by atoms with Crippen LogP contribution in [0, 0.1) is 5.92 Å². The highest BCUT2D eigenvalue weighted by Gasteiger charge is 2.30. The third-order valence-corrected chi connectivity index (χ3v) is 3.67. The van der Waals surface area contributed by atoms with E-state index in [1.807, 2.05) is 11.9 Å². The Balaban J connectivity index is 1.71. The fourth-order valence-corrected chi connectivity index (χ4v) is 2.13. The average molecular weight is 226 g/mol. The van der Waals surface area contributed by atoms with Crippen LogP contribution in [0.1, 0.15) is 26.2 Å². The smallest absolute Gasteiger partial charge is 0.248 e. The molecule has 0 aromatic heterocycles. The first-order valence-corrected chi connectivity index (χ1v) is 6.26. The van der Waals surface area contributed by atoms with Crippen LogP contribution >= 0.6 is 0 Å². The Morgan fingerprint density at radius 1 is 1.44 bits per heavy atom. The van der Waals surface area contributed by atoms with E-state index in [4.69, 9.17) is 4.74 Å². The van der Waals surface area contributed by atoms with E-state index in [1.54, 1.807) is 0 Å². The van der Waals surface area contributed by atoms with Crippen LogP contribution < -0.4 is 5.32 Å². The first-order valence-electron chi connectivity index (χ1n) is 6.26. The monoisotopic (exact) mass is 226 g/mol. The molecule has 0 radical (unpaired) electrons. The Morgan fingerprint density at radius 3 is 2.81 bits per heavy atom. The quantitative estimate of drug-likeness (QED) is 0.764. The lowest BCUT2D eigenvalue weighted by Gasteiger charge is -2.29. The van der Waals surface area contributed by atoms with Gasteiger partial charge in [-0.2, -0.15) is 0 Å². The van der Waals surface area contributed by atoms with Gasteiger partial charge in [-0.1, -0.05) is 6.92 Å². The lowest BCUT2D eigenvalue weighted by Crippen LogP contribution is -2.43. The third kappa shape index (κ3) is 2.95. The van der Waals surface area contributed by atoms with Crippen LogP contribution in [-0.2, 0) is 9.53 Å². The van der Waals surface area contributed by atoms with Gasteiger partial charge >= 0.3 is 0 Å². The van der Waals surface area contributed by atoms with Crippen LogP contribution in [0.2, 0.25) is 0 Å². The maximum absolute atomic E-state index is 11.8. The number of carbonyl (C=O) groups excluding carboxylic acids is 1. The molecule has 2 unspecified atom stereocenters. The first-order chi connectivity index (χ1) is 7.68. The summed E-state index contributed by atoms with van der Waals surface area (Å²) >= 11 is 0. The van der Waals surface area contributed by atoms with Crippen LogP contribution in [-0.4, -0.2) is 49.7 Å². The van der Waals surface area contributed by atoms with Gasteiger partial charge in [-0.3, -0.25) is 4.79 Å². The van der Waals surface area contributed by atoms with Gasteiger partial charge in [-0.05, 0) is 31.7 Å². The van der Waals surface area contributed by atoms with Crippen molar-refractivity contribution in [2.75, 3.05) is 26.7 Å². The molecule has 1 N–H and O–H groups in total. The summed E-state index contributed by atoms with van der Waals surface area (Å²) in [5, 5.41) is 3.30. The van der Waals surface area contributed by atoms with Crippen molar-refractivity contribution in [2.45, 2.75) is 38.3 Å². The van der Waals surface area contributed by atoms with Gasteiger partial charge in [0, 0.05) is 19.6 Å². The highest BCUT2D eigenvalue weighted by molar-refractivity contribution is 5.77. The molecule has 2 fully saturated rings. The second-order valence-corrected chi connectivity index (χ2v) is 5.06. The zero-order chi connectivity index (χ0) is 11.5. The van der Waals surface area contributed by atoms with Crippen LogP contribution in [0.25, 0.3) is 0 Å². The fraction of sp³-hybridized carbons (Fsp3) is 0.917. The van der Waals surface area contributed by atoms with Gasteiger partial charge in [-0.15, -0.1) is 0 Å². The Hall–Kier alpha value is -0.610. The Labute approximate surface area is 97.3 Å². The van der Waals surface area contributed by atoms with E-state index in [9.17, 15) is 4.79 Å². The summed E-state index contributed by atoms with van der Waals surface area (Å²) in [6, 6.07) is 0.484. The minimum atomic E-state index is 0.125. The molecule has 1 aliphatic carbocycles. The zero-order valence-corrected chi connectivity index (χ0v) is 10.2. The van der Waals surface area contributed by atoms with Gasteiger partial charge in [-0.25, -0.2) is 0 Å². The normalized spacial score (nSPS) is 30.1. The van der Waals surface area contributed by atoms with E-state index in [1.165, 1.54) is 0 Å². The zero-order valence-electron chi connectivity index (χ0n) is 10.2. The number of hydrogen-bond acceptors (Lipinski definition) is 3. The first kappa shape index (κ1) is 11.9. The van der Waals surface area contributed by atoms with E-state index in [2.05, 4.69) is 12.2 Å². The Kier molecular flexibility index (Phi) is 3.82. The predicted octanol–water partition coefficient (Wildman–Crippen LogP) is 0.622. The molecule has 1 saturated heterocycles. The predicted molar refractivity (Wildman–Crippen MR) is 62.2 cm³/mol. The number of likely N-dealkylation sites (N-methyl/N-ethyl adjacent to an activating group) is 1. The molecule has 92 valence electrons. The average Bonchev–Trinajstić information content (AvgIpc) is 3.10. The molecule has 1 heterocycles. The molecule has 2 atom stereocenters. The maximum Gasteiger partial charge on any atom is 0.248 e. The van der Waals surface area contributed by atoms with Gasteiger partial charge in [0.1, 0.15) is 6.61 Å². The number of nitrogens with zero attached hydrogens (tertiary/aromatic N) is 1. The second kappa shape index (κ2) is 5.15. The summed E-state index contributed by atoms with van der Waals surface area (Å²) in [6.07, 6.45) is 3.65. The molecule has 0 bridgehead atoms.